The molecule has 0 aromatic heterocycles. The molecule has 0 radical (unpaired) electrons. The number of amides is 1. The van der Waals surface area contributed by atoms with E-state index in [1.54, 1.807) is 19.0 Å². The third-order valence-corrected chi connectivity index (χ3v) is 4.79. The Morgan fingerprint density at radius 3 is 2.18 bits per heavy atom. The first kappa shape index (κ1) is 17.3. The second-order valence-electron chi connectivity index (χ2n) is 6.90. The van der Waals surface area contributed by atoms with Gasteiger partial charge in [-0.2, -0.15) is 0 Å². The molecule has 0 unspecified atom stereocenters. The van der Waals surface area contributed by atoms with Crippen molar-refractivity contribution >= 4 is 30.1 Å². The molecule has 0 spiro atoms. The van der Waals surface area contributed by atoms with Gasteiger partial charge in [-0.3, -0.25) is 4.79 Å². The first-order chi connectivity index (χ1) is 10.0. The summed E-state index contributed by atoms with van der Waals surface area (Å²) in [5.74, 6) is 0.0188. The molecule has 4 nitrogen and oxygen atoms in total. The first-order valence-electron chi connectivity index (χ1n) is 7.37. The zero-order chi connectivity index (χ0) is 16.7. The van der Waals surface area contributed by atoms with Crippen molar-refractivity contribution in [2.75, 3.05) is 14.1 Å². The van der Waals surface area contributed by atoms with Crippen LogP contribution >= 0.6 is 11.6 Å². The Bertz CT molecular complexity index is 571. The summed E-state index contributed by atoms with van der Waals surface area (Å²) in [4.78, 5) is 13.3. The molecular weight excluding hydrogens is 300 g/mol. The summed E-state index contributed by atoms with van der Waals surface area (Å²) in [6, 6.07) is 5.60. The minimum atomic E-state index is -0.443. The number of benzene rings is 1. The van der Waals surface area contributed by atoms with Gasteiger partial charge in [0.25, 0.3) is 0 Å². The number of halogens is 1. The zero-order valence-electron chi connectivity index (χ0n) is 14.1. The van der Waals surface area contributed by atoms with Gasteiger partial charge in [-0.25, -0.2) is 0 Å². The van der Waals surface area contributed by atoms with Crippen molar-refractivity contribution in [3.63, 3.8) is 0 Å². The lowest BCUT2D eigenvalue weighted by Crippen LogP contribution is -2.41. The highest BCUT2D eigenvalue weighted by molar-refractivity contribution is 6.62. The summed E-state index contributed by atoms with van der Waals surface area (Å²) in [6.45, 7) is 8.05. The number of likely N-dealkylation sites (N-methyl/N-ethyl adjacent to an activating group) is 1. The number of hydrogen-bond acceptors (Lipinski definition) is 3. The predicted octanol–water partition coefficient (Wildman–Crippen LogP) is 2.27. The number of carbonyl (C=O) groups excluding carboxylic acids is 1. The Labute approximate surface area is 137 Å². The van der Waals surface area contributed by atoms with Crippen molar-refractivity contribution in [3.05, 3.63) is 28.8 Å². The van der Waals surface area contributed by atoms with Crippen LogP contribution in [0.1, 0.15) is 33.3 Å². The second kappa shape index (κ2) is 5.87. The van der Waals surface area contributed by atoms with Crippen LogP contribution in [0.2, 0.25) is 5.02 Å². The number of rotatable bonds is 3. The predicted molar refractivity (Wildman–Crippen MR) is 89.6 cm³/mol. The Balaban J connectivity index is 2.19. The van der Waals surface area contributed by atoms with E-state index in [0.717, 1.165) is 11.0 Å². The van der Waals surface area contributed by atoms with E-state index in [-0.39, 0.29) is 23.5 Å². The first-order valence-corrected chi connectivity index (χ1v) is 7.75. The maximum atomic E-state index is 11.8. The lowest BCUT2D eigenvalue weighted by molar-refractivity contribution is -0.127. The van der Waals surface area contributed by atoms with Crippen molar-refractivity contribution < 1.29 is 14.1 Å². The highest BCUT2D eigenvalue weighted by Gasteiger charge is 2.51. The molecule has 0 aliphatic carbocycles. The Hall–Kier alpha value is -1.04. The molecule has 120 valence electrons. The Morgan fingerprint density at radius 2 is 1.73 bits per heavy atom. The summed E-state index contributed by atoms with van der Waals surface area (Å²) in [5.41, 5.74) is 0.901. The molecule has 0 bridgehead atoms. The molecule has 1 heterocycles. The summed E-state index contributed by atoms with van der Waals surface area (Å²) >= 11 is 6.32. The van der Waals surface area contributed by atoms with Gasteiger partial charge in [0.15, 0.2) is 0 Å². The van der Waals surface area contributed by atoms with Crippen LogP contribution in [0.25, 0.3) is 0 Å². The molecule has 2 rings (SSSR count). The van der Waals surface area contributed by atoms with Gasteiger partial charge in [0.1, 0.15) is 0 Å². The fraction of sp³-hybridized carbons (Fsp3) is 0.562. The van der Waals surface area contributed by atoms with Gasteiger partial charge in [0, 0.05) is 19.1 Å². The van der Waals surface area contributed by atoms with Crippen molar-refractivity contribution in [2.24, 2.45) is 0 Å². The molecule has 22 heavy (non-hydrogen) atoms. The third-order valence-electron chi connectivity index (χ3n) is 4.44. The Kier molecular flexibility index (Phi) is 4.62. The topological polar surface area (TPSA) is 38.8 Å². The molecule has 1 aromatic rings. The van der Waals surface area contributed by atoms with Gasteiger partial charge in [0.2, 0.25) is 5.91 Å². The fourth-order valence-electron chi connectivity index (χ4n) is 2.15. The second-order valence-corrected chi connectivity index (χ2v) is 7.31. The van der Waals surface area contributed by atoms with E-state index >= 15 is 0 Å². The van der Waals surface area contributed by atoms with E-state index in [1.165, 1.54) is 0 Å². The number of nitrogens with zero attached hydrogens (tertiary/aromatic N) is 1. The summed E-state index contributed by atoms with van der Waals surface area (Å²) < 4.78 is 12.0. The van der Waals surface area contributed by atoms with E-state index in [2.05, 4.69) is 0 Å². The van der Waals surface area contributed by atoms with E-state index in [0.29, 0.717) is 5.02 Å². The number of hydrogen-bond donors (Lipinski definition) is 0. The van der Waals surface area contributed by atoms with Crippen LogP contribution in [0.3, 0.4) is 0 Å². The lowest BCUT2D eigenvalue weighted by atomic mass is 9.78. The van der Waals surface area contributed by atoms with Crippen molar-refractivity contribution in [1.82, 2.24) is 4.90 Å². The van der Waals surface area contributed by atoms with Gasteiger partial charge in [-0.1, -0.05) is 23.7 Å². The maximum Gasteiger partial charge on any atom is 0.494 e. The fourth-order valence-corrected chi connectivity index (χ4v) is 2.41. The molecule has 1 fully saturated rings. The molecular formula is C16H23BClNO3. The normalized spacial score (nSPS) is 19.3. The quantitative estimate of drug-likeness (QED) is 0.801. The Morgan fingerprint density at radius 1 is 1.18 bits per heavy atom. The summed E-state index contributed by atoms with van der Waals surface area (Å²) in [6.07, 6.45) is 0.287. The highest BCUT2D eigenvalue weighted by Crippen LogP contribution is 2.36. The number of carbonyl (C=O) groups is 1. The highest BCUT2D eigenvalue weighted by atomic mass is 35.5. The molecule has 0 atom stereocenters. The zero-order valence-corrected chi connectivity index (χ0v) is 14.8. The van der Waals surface area contributed by atoms with Crippen LogP contribution in [-0.4, -0.2) is 43.2 Å². The van der Waals surface area contributed by atoms with Crippen LogP contribution in [0.5, 0.6) is 0 Å². The van der Waals surface area contributed by atoms with Gasteiger partial charge >= 0.3 is 7.12 Å². The lowest BCUT2D eigenvalue weighted by Gasteiger charge is -2.32. The molecule has 6 heteroatoms. The van der Waals surface area contributed by atoms with E-state index in [4.69, 9.17) is 20.9 Å². The van der Waals surface area contributed by atoms with Crippen molar-refractivity contribution in [1.29, 1.82) is 0 Å². The molecule has 0 saturated carbocycles. The van der Waals surface area contributed by atoms with Crippen molar-refractivity contribution in [2.45, 2.75) is 45.3 Å². The SMILES string of the molecule is CN(C)C(=O)Cc1ccc(B2OC(C)(C)C(C)(C)O2)cc1Cl. The van der Waals surface area contributed by atoms with Gasteiger partial charge in [0.05, 0.1) is 17.6 Å². The monoisotopic (exact) mass is 323 g/mol. The molecule has 1 amide bonds. The van der Waals surface area contributed by atoms with Gasteiger partial charge < -0.3 is 14.2 Å². The molecule has 0 N–H and O–H groups in total. The minimum absolute atomic E-state index is 0.0188. The van der Waals surface area contributed by atoms with E-state index in [9.17, 15) is 4.79 Å². The van der Waals surface area contributed by atoms with Crippen LogP contribution < -0.4 is 5.46 Å². The molecule has 1 saturated heterocycles. The summed E-state index contributed by atoms with van der Waals surface area (Å²) in [5, 5.41) is 0.558. The van der Waals surface area contributed by atoms with E-state index in [1.807, 2.05) is 45.9 Å². The largest absolute Gasteiger partial charge is 0.494 e. The average molecular weight is 324 g/mol. The molecule has 1 aliphatic rings. The standard InChI is InChI=1S/C16H23BClNO3/c1-15(2)16(3,4)22-17(21-15)12-8-7-11(13(18)10-12)9-14(20)19(5)6/h7-8,10H,9H2,1-6H3. The smallest absolute Gasteiger partial charge is 0.399 e. The average Bonchev–Trinajstić information content (AvgIpc) is 2.60. The maximum absolute atomic E-state index is 11.8. The van der Waals surface area contributed by atoms with Crippen LogP contribution in [0.4, 0.5) is 0 Å². The van der Waals surface area contributed by atoms with Gasteiger partial charge in [-0.05, 0) is 44.8 Å². The van der Waals surface area contributed by atoms with E-state index < -0.39 is 7.12 Å². The van der Waals surface area contributed by atoms with Crippen LogP contribution in [-0.2, 0) is 20.5 Å². The van der Waals surface area contributed by atoms with Crippen LogP contribution in [0.15, 0.2) is 18.2 Å². The minimum Gasteiger partial charge on any atom is -0.399 e. The molecule has 1 aromatic carbocycles. The van der Waals surface area contributed by atoms with Gasteiger partial charge in [-0.15, -0.1) is 0 Å². The van der Waals surface area contributed by atoms with Crippen LogP contribution in [0, 0.1) is 0 Å². The molecule has 1 aliphatic heterocycles. The van der Waals surface area contributed by atoms with Crippen molar-refractivity contribution in [3.8, 4) is 0 Å². The third kappa shape index (κ3) is 3.32. The summed E-state index contributed by atoms with van der Waals surface area (Å²) in [7, 11) is 3.02.